The molecule has 7 nitrogen and oxygen atoms in total. The van der Waals surface area contributed by atoms with E-state index < -0.39 is 0 Å². The van der Waals surface area contributed by atoms with Crippen molar-refractivity contribution in [2.24, 2.45) is 0 Å². The van der Waals surface area contributed by atoms with Crippen LogP contribution in [0, 0.1) is 6.92 Å². The van der Waals surface area contributed by atoms with Gasteiger partial charge in [0.2, 0.25) is 5.91 Å². The molecule has 150 valence electrons. The highest BCUT2D eigenvalue weighted by molar-refractivity contribution is 5.73. The lowest BCUT2D eigenvalue weighted by atomic mass is 10.0. The second kappa shape index (κ2) is 8.31. The molecule has 1 amide bonds. The van der Waals surface area contributed by atoms with Gasteiger partial charge in [0, 0.05) is 51.0 Å². The summed E-state index contributed by atoms with van der Waals surface area (Å²) in [5, 5.41) is 8.69. The summed E-state index contributed by atoms with van der Waals surface area (Å²) in [6.07, 6.45) is 5.76. The summed E-state index contributed by atoms with van der Waals surface area (Å²) >= 11 is 0. The highest BCUT2D eigenvalue weighted by Crippen LogP contribution is 2.27. The number of nitrogens with zero attached hydrogens (tertiary/aromatic N) is 5. The van der Waals surface area contributed by atoms with Crippen LogP contribution in [0.25, 0.3) is 11.3 Å². The van der Waals surface area contributed by atoms with E-state index in [1.165, 1.54) is 17.7 Å². The van der Waals surface area contributed by atoms with Crippen LogP contribution in [0.3, 0.4) is 0 Å². The van der Waals surface area contributed by atoms with Crippen molar-refractivity contribution in [1.82, 2.24) is 19.9 Å². The van der Waals surface area contributed by atoms with Crippen molar-refractivity contribution in [1.29, 1.82) is 0 Å². The minimum Gasteiger partial charge on any atom is -0.376 e. The average molecular weight is 383 g/mol. The number of aryl methyl sites for hydroxylation is 1. The Hall–Kier alpha value is -2.41. The van der Waals surface area contributed by atoms with Crippen molar-refractivity contribution in [3.05, 3.63) is 30.0 Å². The van der Waals surface area contributed by atoms with E-state index in [-0.39, 0.29) is 12.0 Å². The molecule has 1 aromatic heterocycles. The van der Waals surface area contributed by atoms with E-state index in [0.29, 0.717) is 0 Å². The van der Waals surface area contributed by atoms with E-state index in [2.05, 4.69) is 40.3 Å². The van der Waals surface area contributed by atoms with Crippen molar-refractivity contribution in [3.8, 4) is 11.3 Å². The molecule has 0 radical (unpaired) electrons. The van der Waals surface area contributed by atoms with Crippen LogP contribution in [0.15, 0.2) is 24.4 Å². The van der Waals surface area contributed by atoms with Gasteiger partial charge in [-0.2, -0.15) is 0 Å². The maximum atomic E-state index is 11.5. The van der Waals surface area contributed by atoms with Gasteiger partial charge in [-0.25, -0.2) is 4.68 Å². The molecule has 1 atom stereocenters. The van der Waals surface area contributed by atoms with E-state index in [9.17, 15) is 4.79 Å². The third-order valence-corrected chi connectivity index (χ3v) is 5.78. The summed E-state index contributed by atoms with van der Waals surface area (Å²) < 4.78 is 7.71. The minimum absolute atomic E-state index is 0.160. The first-order valence-corrected chi connectivity index (χ1v) is 10.2. The van der Waals surface area contributed by atoms with E-state index in [1.54, 1.807) is 6.92 Å². The molecule has 2 aliphatic rings. The van der Waals surface area contributed by atoms with Crippen molar-refractivity contribution >= 4 is 11.6 Å². The van der Waals surface area contributed by atoms with Crippen LogP contribution in [0.5, 0.6) is 0 Å². The Morgan fingerprint density at radius 1 is 1.21 bits per heavy atom. The molecule has 0 N–H and O–H groups in total. The number of carbonyl (C=O) groups excluding carboxylic acids is 1. The van der Waals surface area contributed by atoms with Crippen molar-refractivity contribution in [2.75, 3.05) is 37.7 Å². The standard InChI is InChI=1S/C21H29N5O2/c1-16-13-18(25-10-8-24(9-11-25)17(2)27)6-7-20(16)21-15-26(23-22-21)14-19-5-3-4-12-28-19/h6-7,13,15,19H,3-5,8-12,14H2,1-2H3/t19-/m1/s1. The maximum absolute atomic E-state index is 11.5. The minimum atomic E-state index is 0.160. The van der Waals surface area contributed by atoms with Gasteiger partial charge in [-0.1, -0.05) is 11.3 Å². The lowest BCUT2D eigenvalue weighted by Crippen LogP contribution is -2.48. The van der Waals surface area contributed by atoms with Gasteiger partial charge in [-0.15, -0.1) is 5.10 Å². The lowest BCUT2D eigenvalue weighted by Gasteiger charge is -2.35. The summed E-state index contributed by atoms with van der Waals surface area (Å²) in [6, 6.07) is 6.49. The van der Waals surface area contributed by atoms with Crippen LogP contribution < -0.4 is 4.90 Å². The molecule has 1 aromatic carbocycles. The fraction of sp³-hybridized carbons (Fsp3) is 0.571. The highest BCUT2D eigenvalue weighted by Gasteiger charge is 2.20. The lowest BCUT2D eigenvalue weighted by molar-refractivity contribution is -0.129. The Kier molecular flexibility index (Phi) is 5.62. The Labute approximate surface area is 166 Å². The van der Waals surface area contributed by atoms with Gasteiger partial charge in [0.1, 0.15) is 5.69 Å². The highest BCUT2D eigenvalue weighted by atomic mass is 16.5. The van der Waals surface area contributed by atoms with E-state index in [4.69, 9.17) is 4.74 Å². The molecule has 0 unspecified atom stereocenters. The van der Waals surface area contributed by atoms with Gasteiger partial charge in [-0.05, 0) is 43.9 Å². The fourth-order valence-corrected chi connectivity index (χ4v) is 4.08. The molecule has 4 rings (SSSR count). The number of hydrogen-bond donors (Lipinski definition) is 0. The van der Waals surface area contributed by atoms with Gasteiger partial charge in [0.05, 0.1) is 18.8 Å². The number of anilines is 1. The molecule has 3 heterocycles. The molecule has 2 fully saturated rings. The second-order valence-corrected chi connectivity index (χ2v) is 7.81. The Balaban J connectivity index is 1.43. The topological polar surface area (TPSA) is 63.5 Å². The SMILES string of the molecule is CC(=O)N1CCN(c2ccc(-c3cn(C[C@H]4CCCCO4)nn3)c(C)c2)CC1. The van der Waals surface area contributed by atoms with E-state index in [1.807, 2.05) is 15.8 Å². The van der Waals surface area contributed by atoms with Gasteiger partial charge in [-0.3, -0.25) is 4.79 Å². The summed E-state index contributed by atoms with van der Waals surface area (Å²) in [7, 11) is 0. The van der Waals surface area contributed by atoms with Crippen molar-refractivity contribution in [3.63, 3.8) is 0 Å². The molecule has 7 heteroatoms. The first-order chi connectivity index (χ1) is 13.6. The van der Waals surface area contributed by atoms with Gasteiger partial charge < -0.3 is 14.5 Å². The summed E-state index contributed by atoms with van der Waals surface area (Å²) in [4.78, 5) is 15.8. The number of carbonyl (C=O) groups is 1. The van der Waals surface area contributed by atoms with Gasteiger partial charge in [0.15, 0.2) is 0 Å². The van der Waals surface area contributed by atoms with Crippen LogP contribution in [0.4, 0.5) is 5.69 Å². The first kappa shape index (κ1) is 18.9. The predicted molar refractivity (Wildman–Crippen MR) is 108 cm³/mol. The first-order valence-electron chi connectivity index (χ1n) is 10.2. The quantitative estimate of drug-likeness (QED) is 0.812. The average Bonchev–Trinajstić information content (AvgIpc) is 3.17. The Morgan fingerprint density at radius 2 is 2.04 bits per heavy atom. The molecule has 2 aliphatic heterocycles. The van der Waals surface area contributed by atoms with Crippen molar-refractivity contribution < 1.29 is 9.53 Å². The fourth-order valence-electron chi connectivity index (χ4n) is 4.08. The zero-order valence-corrected chi connectivity index (χ0v) is 16.8. The number of ether oxygens (including phenoxy) is 1. The van der Waals surface area contributed by atoms with Gasteiger partial charge >= 0.3 is 0 Å². The van der Waals surface area contributed by atoms with Crippen LogP contribution >= 0.6 is 0 Å². The largest absolute Gasteiger partial charge is 0.376 e. The van der Waals surface area contributed by atoms with Crippen LogP contribution in [0.1, 0.15) is 31.7 Å². The number of amides is 1. The third-order valence-electron chi connectivity index (χ3n) is 5.78. The summed E-state index contributed by atoms with van der Waals surface area (Å²) in [6.45, 7) is 8.70. The zero-order valence-electron chi connectivity index (χ0n) is 16.8. The maximum Gasteiger partial charge on any atom is 0.219 e. The van der Waals surface area contributed by atoms with E-state index >= 15 is 0 Å². The molecule has 2 aromatic rings. The van der Waals surface area contributed by atoms with Crippen molar-refractivity contribution in [2.45, 2.75) is 45.8 Å². The zero-order chi connectivity index (χ0) is 19.5. The number of benzene rings is 1. The molecule has 0 aliphatic carbocycles. The molecule has 0 saturated carbocycles. The monoisotopic (exact) mass is 383 g/mol. The van der Waals surface area contributed by atoms with Gasteiger partial charge in [0.25, 0.3) is 0 Å². The number of hydrogen-bond acceptors (Lipinski definition) is 5. The van der Waals surface area contributed by atoms with Crippen LogP contribution in [-0.2, 0) is 16.1 Å². The second-order valence-electron chi connectivity index (χ2n) is 7.81. The molecule has 28 heavy (non-hydrogen) atoms. The van der Waals surface area contributed by atoms with E-state index in [0.717, 1.165) is 63.4 Å². The third kappa shape index (κ3) is 4.19. The van der Waals surface area contributed by atoms with Crippen LogP contribution in [-0.4, -0.2) is 64.7 Å². The normalized spacial score (nSPS) is 20.4. The van der Waals surface area contributed by atoms with Crippen LogP contribution in [0.2, 0.25) is 0 Å². The molecule has 2 saturated heterocycles. The smallest absolute Gasteiger partial charge is 0.219 e. The Morgan fingerprint density at radius 3 is 2.71 bits per heavy atom. The number of piperazine rings is 1. The summed E-state index contributed by atoms with van der Waals surface area (Å²) in [5.74, 6) is 0.160. The summed E-state index contributed by atoms with van der Waals surface area (Å²) in [5.41, 5.74) is 4.41. The molecule has 0 spiro atoms. The molecular formula is C21H29N5O2. The molecular weight excluding hydrogens is 354 g/mol. The number of rotatable bonds is 4. The number of aromatic nitrogens is 3. The predicted octanol–water partition coefficient (Wildman–Crippen LogP) is 2.49. The Bertz CT molecular complexity index is 820. The molecule has 0 bridgehead atoms.